The smallest absolute Gasteiger partial charge is 0.325 e. The molecular formula is C23H36NO4PS. The van der Waals surface area contributed by atoms with Crippen LogP contribution in [0, 0.1) is 0 Å². The molecule has 1 aromatic carbocycles. The average molecular weight is 454 g/mol. The van der Waals surface area contributed by atoms with Crippen LogP contribution in [0.1, 0.15) is 63.9 Å². The standard InChI is InChI=1S/C23H36NO4PS/c1-2-3-4-5-6-7-8-15-28-22-13-12-20(18-21(22)23-11-9-17-30-23)19-24-14-10-16-29(25,26)27/h9,11-13,17-18,24H,2-8,10,14-16,19H2,1H3,(H2,25,26,27). The van der Waals surface area contributed by atoms with Crippen LogP contribution < -0.4 is 10.1 Å². The highest BCUT2D eigenvalue weighted by molar-refractivity contribution is 7.51. The molecule has 0 saturated carbocycles. The van der Waals surface area contributed by atoms with E-state index in [0.717, 1.165) is 29.9 Å². The molecule has 0 unspecified atom stereocenters. The number of unbranched alkanes of at least 4 members (excludes halogenated alkanes) is 6. The van der Waals surface area contributed by atoms with Gasteiger partial charge < -0.3 is 19.8 Å². The lowest BCUT2D eigenvalue weighted by Crippen LogP contribution is -2.15. The van der Waals surface area contributed by atoms with Crippen LogP contribution in [0.3, 0.4) is 0 Å². The number of ether oxygens (including phenoxy) is 1. The van der Waals surface area contributed by atoms with Crippen LogP contribution in [-0.4, -0.2) is 29.1 Å². The Balaban J connectivity index is 1.83. The SMILES string of the molecule is CCCCCCCCCOc1ccc(CNCCCP(=O)(O)O)cc1-c1cccs1. The summed E-state index contributed by atoms with van der Waals surface area (Å²) in [6.45, 7) is 4.23. The molecule has 168 valence electrons. The van der Waals surface area contributed by atoms with Crippen molar-refractivity contribution in [1.82, 2.24) is 5.32 Å². The summed E-state index contributed by atoms with van der Waals surface area (Å²) in [5, 5.41) is 5.34. The van der Waals surface area contributed by atoms with Crippen molar-refractivity contribution in [3.8, 4) is 16.2 Å². The van der Waals surface area contributed by atoms with Gasteiger partial charge in [0.25, 0.3) is 0 Å². The normalized spacial score (nSPS) is 11.7. The zero-order valence-corrected chi connectivity index (χ0v) is 19.7. The van der Waals surface area contributed by atoms with Gasteiger partial charge in [0.2, 0.25) is 0 Å². The van der Waals surface area contributed by atoms with Crippen molar-refractivity contribution in [2.24, 2.45) is 0 Å². The van der Waals surface area contributed by atoms with E-state index in [1.54, 1.807) is 11.3 Å². The third-order valence-corrected chi connectivity index (χ3v) is 6.77. The average Bonchev–Trinajstić information content (AvgIpc) is 3.24. The molecule has 0 radical (unpaired) electrons. The molecule has 0 aliphatic carbocycles. The number of hydrogen-bond donors (Lipinski definition) is 3. The van der Waals surface area contributed by atoms with E-state index in [9.17, 15) is 4.57 Å². The predicted octanol–water partition coefficient (Wildman–Crippen LogP) is 6.20. The molecule has 5 nitrogen and oxygen atoms in total. The summed E-state index contributed by atoms with van der Waals surface area (Å²) in [5.74, 6) is 0.925. The first-order valence-electron chi connectivity index (χ1n) is 11.0. The van der Waals surface area contributed by atoms with Crippen molar-refractivity contribution >= 4 is 18.9 Å². The molecule has 0 aliphatic heterocycles. The highest BCUT2D eigenvalue weighted by atomic mass is 32.1. The fourth-order valence-corrected chi connectivity index (χ4v) is 4.64. The Bertz CT molecular complexity index is 761. The lowest BCUT2D eigenvalue weighted by atomic mass is 10.1. The summed E-state index contributed by atoms with van der Waals surface area (Å²) in [7, 11) is -3.90. The van der Waals surface area contributed by atoms with E-state index in [4.69, 9.17) is 14.5 Å². The molecule has 2 rings (SSSR count). The minimum Gasteiger partial charge on any atom is -0.493 e. The van der Waals surface area contributed by atoms with Gasteiger partial charge in [-0.3, -0.25) is 4.57 Å². The number of hydrogen-bond acceptors (Lipinski definition) is 4. The maximum absolute atomic E-state index is 10.9. The van der Waals surface area contributed by atoms with E-state index in [-0.39, 0.29) is 6.16 Å². The van der Waals surface area contributed by atoms with Gasteiger partial charge in [-0.25, -0.2) is 0 Å². The zero-order valence-electron chi connectivity index (χ0n) is 18.0. The van der Waals surface area contributed by atoms with Crippen LogP contribution in [0.2, 0.25) is 0 Å². The van der Waals surface area contributed by atoms with Crippen molar-refractivity contribution in [3.63, 3.8) is 0 Å². The molecule has 1 aromatic heterocycles. The molecular weight excluding hydrogens is 417 g/mol. The van der Waals surface area contributed by atoms with Gasteiger partial charge in [0.15, 0.2) is 0 Å². The number of nitrogens with one attached hydrogen (secondary N) is 1. The summed E-state index contributed by atoms with van der Waals surface area (Å²) in [6, 6.07) is 10.4. The fourth-order valence-electron chi connectivity index (χ4n) is 3.32. The lowest BCUT2D eigenvalue weighted by molar-refractivity contribution is 0.305. The van der Waals surface area contributed by atoms with Crippen LogP contribution in [-0.2, 0) is 11.1 Å². The Hall–Kier alpha value is -1.17. The van der Waals surface area contributed by atoms with Crippen molar-refractivity contribution in [1.29, 1.82) is 0 Å². The monoisotopic (exact) mass is 453 g/mol. The molecule has 0 fully saturated rings. The number of benzene rings is 1. The van der Waals surface area contributed by atoms with Gasteiger partial charge >= 0.3 is 7.60 Å². The first-order chi connectivity index (χ1) is 14.5. The summed E-state index contributed by atoms with van der Waals surface area (Å²) in [4.78, 5) is 19.0. The van der Waals surface area contributed by atoms with Gasteiger partial charge in [-0.1, -0.05) is 57.6 Å². The Morgan fingerprint density at radius 2 is 1.80 bits per heavy atom. The largest absolute Gasteiger partial charge is 0.493 e. The van der Waals surface area contributed by atoms with Crippen LogP contribution >= 0.6 is 18.9 Å². The summed E-state index contributed by atoms with van der Waals surface area (Å²) in [6.07, 6.45) is 9.26. The van der Waals surface area contributed by atoms with Gasteiger partial charge in [0, 0.05) is 17.0 Å². The molecule has 0 spiro atoms. The van der Waals surface area contributed by atoms with Crippen molar-refractivity contribution in [2.75, 3.05) is 19.3 Å². The molecule has 0 saturated heterocycles. The minimum absolute atomic E-state index is 0.0776. The summed E-state index contributed by atoms with van der Waals surface area (Å²) < 4.78 is 17.0. The van der Waals surface area contributed by atoms with E-state index in [0.29, 0.717) is 19.5 Å². The second-order valence-corrected chi connectivity index (χ2v) is 10.4. The third kappa shape index (κ3) is 10.2. The molecule has 0 bridgehead atoms. The maximum atomic E-state index is 10.9. The first-order valence-corrected chi connectivity index (χ1v) is 13.7. The Morgan fingerprint density at radius 1 is 1.03 bits per heavy atom. The molecule has 30 heavy (non-hydrogen) atoms. The quantitative estimate of drug-likeness (QED) is 0.208. The molecule has 7 heteroatoms. The molecule has 0 amide bonds. The molecule has 3 N–H and O–H groups in total. The first kappa shape index (κ1) is 25.1. The van der Waals surface area contributed by atoms with Crippen LogP contribution in [0.15, 0.2) is 35.7 Å². The molecule has 1 heterocycles. The van der Waals surface area contributed by atoms with Crippen molar-refractivity contribution in [3.05, 3.63) is 41.3 Å². The Morgan fingerprint density at radius 3 is 2.50 bits per heavy atom. The lowest BCUT2D eigenvalue weighted by Gasteiger charge is -2.13. The van der Waals surface area contributed by atoms with E-state index >= 15 is 0 Å². The van der Waals surface area contributed by atoms with Gasteiger partial charge in [-0.2, -0.15) is 0 Å². The number of thiophene rings is 1. The zero-order chi connectivity index (χ0) is 21.7. The highest BCUT2D eigenvalue weighted by Crippen LogP contribution is 2.35. The summed E-state index contributed by atoms with van der Waals surface area (Å²) in [5.41, 5.74) is 2.25. The maximum Gasteiger partial charge on any atom is 0.325 e. The third-order valence-electron chi connectivity index (χ3n) is 4.97. The highest BCUT2D eigenvalue weighted by Gasteiger charge is 2.12. The fraction of sp³-hybridized carbons (Fsp3) is 0.565. The number of rotatable bonds is 16. The molecule has 0 aliphatic rings. The van der Waals surface area contributed by atoms with Gasteiger partial charge in [0.1, 0.15) is 5.75 Å². The second-order valence-electron chi connectivity index (χ2n) is 7.70. The van der Waals surface area contributed by atoms with E-state index in [1.807, 2.05) is 12.1 Å². The minimum atomic E-state index is -3.90. The Kier molecular flexibility index (Phi) is 11.7. The van der Waals surface area contributed by atoms with E-state index < -0.39 is 7.60 Å². The second kappa shape index (κ2) is 14.0. The van der Waals surface area contributed by atoms with Crippen LogP contribution in [0.4, 0.5) is 0 Å². The van der Waals surface area contributed by atoms with E-state index in [2.05, 4.69) is 35.8 Å². The van der Waals surface area contributed by atoms with Crippen LogP contribution in [0.5, 0.6) is 5.75 Å². The van der Waals surface area contributed by atoms with E-state index in [1.165, 1.54) is 43.4 Å². The van der Waals surface area contributed by atoms with Gasteiger partial charge in [-0.15, -0.1) is 11.3 Å². The Labute approximate surface area is 185 Å². The topological polar surface area (TPSA) is 78.8 Å². The molecule has 2 aromatic rings. The van der Waals surface area contributed by atoms with Crippen molar-refractivity contribution < 1.29 is 19.1 Å². The summed E-state index contributed by atoms with van der Waals surface area (Å²) >= 11 is 1.70. The van der Waals surface area contributed by atoms with Gasteiger partial charge in [0.05, 0.1) is 12.8 Å². The van der Waals surface area contributed by atoms with Gasteiger partial charge in [-0.05, 0) is 48.5 Å². The molecule has 0 atom stereocenters. The van der Waals surface area contributed by atoms with Crippen molar-refractivity contribution in [2.45, 2.75) is 64.8 Å². The van der Waals surface area contributed by atoms with Crippen LogP contribution in [0.25, 0.3) is 10.4 Å². The predicted molar refractivity (Wildman–Crippen MR) is 126 cm³/mol.